The van der Waals surface area contributed by atoms with Gasteiger partial charge >= 0.3 is 0 Å². The Bertz CT molecular complexity index is 840. The molecule has 3 rings (SSSR count). The second kappa shape index (κ2) is 12.3. The summed E-state index contributed by atoms with van der Waals surface area (Å²) in [6.45, 7) is 10.3. The van der Waals surface area contributed by atoms with Gasteiger partial charge in [0.2, 0.25) is 0 Å². The van der Waals surface area contributed by atoms with E-state index in [1.807, 2.05) is 13.8 Å². The van der Waals surface area contributed by atoms with Gasteiger partial charge in [-0.25, -0.2) is 9.38 Å². The first-order valence-electron chi connectivity index (χ1n) is 11.0. The first kappa shape index (κ1) is 23.0. The zero-order valence-corrected chi connectivity index (χ0v) is 18.4. The Morgan fingerprint density at radius 1 is 1.13 bits per heavy atom. The van der Waals surface area contributed by atoms with E-state index in [4.69, 9.17) is 14.5 Å². The lowest BCUT2D eigenvalue weighted by molar-refractivity contribution is 0.0341. The van der Waals surface area contributed by atoms with Gasteiger partial charge < -0.3 is 20.1 Å². The van der Waals surface area contributed by atoms with Gasteiger partial charge in [0.15, 0.2) is 5.96 Å². The topological polar surface area (TPSA) is 58.1 Å². The van der Waals surface area contributed by atoms with Gasteiger partial charge in [-0.1, -0.05) is 30.3 Å². The highest BCUT2D eigenvalue weighted by atomic mass is 19.1. The van der Waals surface area contributed by atoms with E-state index in [0.717, 1.165) is 45.4 Å². The fourth-order valence-corrected chi connectivity index (χ4v) is 3.43. The summed E-state index contributed by atoms with van der Waals surface area (Å²) in [5.74, 6) is 0.954. The number of guanidine groups is 1. The van der Waals surface area contributed by atoms with Crippen LogP contribution in [-0.2, 0) is 17.8 Å². The van der Waals surface area contributed by atoms with Gasteiger partial charge in [-0.15, -0.1) is 0 Å². The number of hydrogen-bond acceptors (Lipinski definition) is 4. The van der Waals surface area contributed by atoms with Gasteiger partial charge in [-0.2, -0.15) is 0 Å². The monoisotopic (exact) mass is 428 g/mol. The summed E-state index contributed by atoms with van der Waals surface area (Å²) in [6, 6.07) is 14.6. The first-order chi connectivity index (χ1) is 15.1. The molecule has 0 aliphatic carbocycles. The van der Waals surface area contributed by atoms with Gasteiger partial charge in [0.25, 0.3) is 0 Å². The highest BCUT2D eigenvalue weighted by molar-refractivity contribution is 5.79. The molecule has 0 aromatic heterocycles. The molecule has 0 spiro atoms. The molecular formula is C24H33FN4O2. The number of nitrogens with one attached hydrogen (secondary N) is 2. The minimum atomic E-state index is -0.302. The standard InChI is InChI=1S/C24H33FN4O2/c1-3-26-24(27-16-19(2)31-23-10-6-9-22(25)15-23)28-17-20-7-4-5-8-21(20)18-29-11-13-30-14-12-29/h4-10,15,19H,3,11-14,16-18H2,1-2H3,(H2,26,27,28). The van der Waals surface area contributed by atoms with Gasteiger partial charge in [0, 0.05) is 32.2 Å². The average Bonchev–Trinajstić information content (AvgIpc) is 2.77. The smallest absolute Gasteiger partial charge is 0.191 e. The van der Waals surface area contributed by atoms with Crippen LogP contribution in [0.25, 0.3) is 0 Å². The Kier molecular flexibility index (Phi) is 9.12. The summed E-state index contributed by atoms with van der Waals surface area (Å²) in [5.41, 5.74) is 2.52. The van der Waals surface area contributed by atoms with E-state index in [0.29, 0.717) is 18.8 Å². The van der Waals surface area contributed by atoms with Crippen molar-refractivity contribution in [2.24, 2.45) is 4.99 Å². The maximum Gasteiger partial charge on any atom is 0.191 e. The molecule has 1 heterocycles. The molecule has 0 radical (unpaired) electrons. The maximum atomic E-state index is 13.3. The molecule has 168 valence electrons. The molecule has 2 aromatic carbocycles. The molecule has 1 fully saturated rings. The van der Waals surface area contributed by atoms with E-state index >= 15 is 0 Å². The molecule has 1 saturated heterocycles. The van der Waals surface area contributed by atoms with Crippen molar-refractivity contribution in [3.05, 3.63) is 65.5 Å². The molecule has 7 heteroatoms. The van der Waals surface area contributed by atoms with Crippen LogP contribution in [0.4, 0.5) is 4.39 Å². The number of morpholine rings is 1. The maximum absolute atomic E-state index is 13.3. The van der Waals surface area contributed by atoms with Crippen molar-refractivity contribution in [2.75, 3.05) is 39.4 Å². The van der Waals surface area contributed by atoms with Crippen LogP contribution in [0.3, 0.4) is 0 Å². The lowest BCUT2D eigenvalue weighted by Crippen LogP contribution is -2.41. The molecule has 31 heavy (non-hydrogen) atoms. The Hall–Kier alpha value is -2.64. The predicted molar refractivity (Wildman–Crippen MR) is 122 cm³/mol. The molecule has 2 N–H and O–H groups in total. The van der Waals surface area contributed by atoms with Crippen LogP contribution in [0.15, 0.2) is 53.5 Å². The van der Waals surface area contributed by atoms with E-state index in [2.05, 4.69) is 39.8 Å². The van der Waals surface area contributed by atoms with Crippen LogP contribution >= 0.6 is 0 Å². The SMILES string of the molecule is CCNC(=NCc1ccccc1CN1CCOCC1)NCC(C)Oc1cccc(F)c1. The largest absolute Gasteiger partial charge is 0.489 e. The molecule has 1 unspecified atom stereocenters. The predicted octanol–water partition coefficient (Wildman–Crippen LogP) is 3.18. The zero-order valence-electron chi connectivity index (χ0n) is 18.4. The second-order valence-corrected chi connectivity index (χ2v) is 7.62. The molecular weight excluding hydrogens is 395 g/mol. The normalized spacial score (nSPS) is 16.0. The van der Waals surface area contributed by atoms with Gasteiger partial charge in [0.1, 0.15) is 17.7 Å². The van der Waals surface area contributed by atoms with E-state index in [-0.39, 0.29) is 11.9 Å². The van der Waals surface area contributed by atoms with Crippen LogP contribution < -0.4 is 15.4 Å². The molecule has 1 atom stereocenters. The van der Waals surface area contributed by atoms with Crippen LogP contribution in [-0.4, -0.2) is 56.4 Å². The van der Waals surface area contributed by atoms with Gasteiger partial charge in [-0.3, -0.25) is 4.90 Å². The van der Waals surface area contributed by atoms with E-state index in [1.165, 1.54) is 23.3 Å². The fraction of sp³-hybridized carbons (Fsp3) is 0.458. The Morgan fingerprint density at radius 3 is 2.65 bits per heavy atom. The third kappa shape index (κ3) is 7.84. The van der Waals surface area contributed by atoms with Crippen molar-refractivity contribution in [3.63, 3.8) is 0 Å². The number of ether oxygens (including phenoxy) is 2. The third-order valence-corrected chi connectivity index (χ3v) is 5.06. The summed E-state index contributed by atoms with van der Waals surface area (Å²) in [5, 5.41) is 6.60. The molecule has 1 aliphatic rings. The van der Waals surface area contributed by atoms with Crippen molar-refractivity contribution in [1.82, 2.24) is 15.5 Å². The number of aliphatic imine (C=N–C) groups is 1. The highest BCUT2D eigenvalue weighted by Crippen LogP contribution is 2.15. The van der Waals surface area contributed by atoms with E-state index in [9.17, 15) is 4.39 Å². The number of benzene rings is 2. The molecule has 2 aromatic rings. The van der Waals surface area contributed by atoms with Crippen molar-refractivity contribution in [1.29, 1.82) is 0 Å². The second-order valence-electron chi connectivity index (χ2n) is 7.62. The van der Waals surface area contributed by atoms with Crippen LogP contribution in [0, 0.1) is 5.82 Å². The van der Waals surface area contributed by atoms with E-state index in [1.54, 1.807) is 12.1 Å². The Labute approximate surface area is 184 Å². The quantitative estimate of drug-likeness (QED) is 0.475. The molecule has 0 bridgehead atoms. The lowest BCUT2D eigenvalue weighted by atomic mass is 10.1. The third-order valence-electron chi connectivity index (χ3n) is 5.06. The highest BCUT2D eigenvalue weighted by Gasteiger charge is 2.13. The van der Waals surface area contributed by atoms with Gasteiger partial charge in [-0.05, 0) is 37.1 Å². The Balaban J connectivity index is 1.56. The van der Waals surface area contributed by atoms with Crippen molar-refractivity contribution < 1.29 is 13.9 Å². The summed E-state index contributed by atoms with van der Waals surface area (Å²) in [6.07, 6.45) is -0.140. The summed E-state index contributed by atoms with van der Waals surface area (Å²) >= 11 is 0. The molecule has 0 saturated carbocycles. The van der Waals surface area contributed by atoms with Crippen LogP contribution in [0.5, 0.6) is 5.75 Å². The number of nitrogens with zero attached hydrogens (tertiary/aromatic N) is 2. The lowest BCUT2D eigenvalue weighted by Gasteiger charge is -2.27. The zero-order chi connectivity index (χ0) is 21.9. The first-order valence-corrected chi connectivity index (χ1v) is 11.0. The fourth-order valence-electron chi connectivity index (χ4n) is 3.43. The summed E-state index contributed by atoms with van der Waals surface area (Å²) in [7, 11) is 0. The molecule has 1 aliphatic heterocycles. The minimum absolute atomic E-state index is 0.140. The molecule has 0 amide bonds. The molecule has 6 nitrogen and oxygen atoms in total. The van der Waals surface area contributed by atoms with Gasteiger partial charge in [0.05, 0.1) is 26.3 Å². The van der Waals surface area contributed by atoms with E-state index < -0.39 is 0 Å². The summed E-state index contributed by atoms with van der Waals surface area (Å²) < 4.78 is 24.6. The number of rotatable bonds is 9. The van der Waals surface area contributed by atoms with Crippen molar-refractivity contribution >= 4 is 5.96 Å². The van der Waals surface area contributed by atoms with Crippen molar-refractivity contribution in [2.45, 2.75) is 33.0 Å². The number of halogens is 1. The van der Waals surface area contributed by atoms with Crippen LogP contribution in [0.1, 0.15) is 25.0 Å². The number of hydrogen-bond donors (Lipinski definition) is 2. The minimum Gasteiger partial charge on any atom is -0.489 e. The Morgan fingerprint density at radius 2 is 1.90 bits per heavy atom. The van der Waals surface area contributed by atoms with Crippen LogP contribution in [0.2, 0.25) is 0 Å². The van der Waals surface area contributed by atoms with Crippen molar-refractivity contribution in [3.8, 4) is 5.75 Å². The summed E-state index contributed by atoms with van der Waals surface area (Å²) in [4.78, 5) is 7.18. The average molecular weight is 429 g/mol.